The van der Waals surface area contributed by atoms with Crippen LogP contribution < -0.4 is 17.2 Å². The summed E-state index contributed by atoms with van der Waals surface area (Å²) >= 11 is 0. The summed E-state index contributed by atoms with van der Waals surface area (Å²) in [5.41, 5.74) is 15.0. The predicted molar refractivity (Wildman–Crippen MR) is 37.6 cm³/mol. The first-order valence-corrected chi connectivity index (χ1v) is 2.21. The Morgan fingerprint density at radius 3 is 2.11 bits per heavy atom. The molecule has 5 heteroatoms. The predicted octanol–water partition coefficient (Wildman–Crippen LogP) is -1.28. The summed E-state index contributed by atoms with van der Waals surface area (Å²) in [4.78, 5) is 0. The Morgan fingerprint density at radius 2 is 1.78 bits per heavy atom. The van der Waals surface area contributed by atoms with Gasteiger partial charge in [0.2, 0.25) is 5.96 Å². The van der Waals surface area contributed by atoms with Crippen LogP contribution in [0.5, 0.6) is 0 Å². The smallest absolute Gasteiger partial charge is 0.211 e. The fourth-order valence-electron chi connectivity index (χ4n) is 0.156. The van der Waals surface area contributed by atoms with Gasteiger partial charge in [0, 0.05) is 0 Å². The van der Waals surface area contributed by atoms with Gasteiger partial charge in [-0.3, -0.25) is 0 Å². The van der Waals surface area contributed by atoms with Crippen LogP contribution in [0.2, 0.25) is 0 Å². The molecule has 0 aromatic heterocycles. The van der Waals surface area contributed by atoms with E-state index in [1.807, 2.05) is 0 Å². The van der Waals surface area contributed by atoms with Crippen molar-refractivity contribution in [2.45, 2.75) is 0 Å². The lowest BCUT2D eigenvalue weighted by molar-refractivity contribution is 1.20. The van der Waals surface area contributed by atoms with Crippen LogP contribution in [0.15, 0.2) is 22.9 Å². The summed E-state index contributed by atoms with van der Waals surface area (Å²) in [7, 11) is 0. The Labute approximate surface area is 52.9 Å². The lowest BCUT2D eigenvalue weighted by atomic mass is 10.6. The highest BCUT2D eigenvalue weighted by Crippen LogP contribution is 1.71. The largest absolute Gasteiger partial charge is 0.382 e. The zero-order valence-corrected chi connectivity index (χ0v) is 4.91. The molecule has 0 saturated carbocycles. The van der Waals surface area contributed by atoms with Crippen LogP contribution in [-0.2, 0) is 0 Å². The fourth-order valence-corrected chi connectivity index (χ4v) is 0.156. The van der Waals surface area contributed by atoms with Crippen molar-refractivity contribution in [1.82, 2.24) is 0 Å². The normalized spacial score (nSPS) is 10.4. The Bertz CT molecular complexity index is 152. The second-order valence-electron chi connectivity index (χ2n) is 1.25. The molecule has 0 aliphatic carbocycles. The minimum atomic E-state index is -0.125. The van der Waals surface area contributed by atoms with Gasteiger partial charge in [0.15, 0.2) is 0 Å². The standard InChI is InChI=1S/C4H9N5/c1-2-3(5)8-9-4(6)7/h2H,1H2,(H2,5,8)(H4,6,7,9). The highest BCUT2D eigenvalue weighted by molar-refractivity contribution is 5.91. The molecule has 0 spiro atoms. The molecule has 0 aliphatic rings. The van der Waals surface area contributed by atoms with Gasteiger partial charge in [0.25, 0.3) is 0 Å². The van der Waals surface area contributed by atoms with Crippen molar-refractivity contribution in [2.75, 3.05) is 0 Å². The molecule has 0 fully saturated rings. The molecule has 0 unspecified atom stereocenters. The van der Waals surface area contributed by atoms with Crippen molar-refractivity contribution in [3.05, 3.63) is 12.7 Å². The molecule has 0 rings (SSSR count). The first-order chi connectivity index (χ1) is 4.16. The van der Waals surface area contributed by atoms with Gasteiger partial charge in [0.1, 0.15) is 5.84 Å². The topological polar surface area (TPSA) is 103 Å². The van der Waals surface area contributed by atoms with Gasteiger partial charge in [0.05, 0.1) is 0 Å². The highest BCUT2D eigenvalue weighted by Gasteiger charge is 1.78. The third-order valence-electron chi connectivity index (χ3n) is 0.490. The van der Waals surface area contributed by atoms with E-state index >= 15 is 0 Å². The van der Waals surface area contributed by atoms with Gasteiger partial charge in [-0.25, -0.2) is 0 Å². The average Bonchev–Trinajstić information content (AvgIpc) is 1.83. The maximum atomic E-state index is 5.14. The second kappa shape index (κ2) is 3.48. The number of rotatable bonds is 2. The SMILES string of the molecule is C=CC(N)=NN=C(N)N. The Morgan fingerprint density at radius 1 is 1.22 bits per heavy atom. The molecule has 0 aliphatic heterocycles. The molecule has 0 saturated heterocycles. The molecule has 6 N–H and O–H groups in total. The summed E-state index contributed by atoms with van der Waals surface area (Å²) in [6.45, 7) is 3.33. The van der Waals surface area contributed by atoms with E-state index in [1.165, 1.54) is 6.08 Å². The molecule has 0 radical (unpaired) electrons. The zero-order chi connectivity index (χ0) is 7.28. The summed E-state index contributed by atoms with van der Waals surface area (Å²) < 4.78 is 0. The van der Waals surface area contributed by atoms with Crippen LogP contribution in [-0.4, -0.2) is 11.8 Å². The van der Waals surface area contributed by atoms with Gasteiger partial charge in [-0.05, 0) is 6.08 Å². The van der Waals surface area contributed by atoms with E-state index in [1.54, 1.807) is 0 Å². The van der Waals surface area contributed by atoms with E-state index < -0.39 is 0 Å². The molecule has 0 bridgehead atoms. The number of hydrogen-bond acceptors (Lipinski definition) is 2. The molecule has 0 aromatic rings. The highest BCUT2D eigenvalue weighted by atomic mass is 15.3. The van der Waals surface area contributed by atoms with Crippen molar-refractivity contribution in [3.8, 4) is 0 Å². The lowest BCUT2D eigenvalue weighted by Gasteiger charge is -1.85. The van der Waals surface area contributed by atoms with Crippen molar-refractivity contribution in [3.63, 3.8) is 0 Å². The molecule has 0 heterocycles. The van der Waals surface area contributed by atoms with Crippen molar-refractivity contribution < 1.29 is 0 Å². The van der Waals surface area contributed by atoms with Crippen molar-refractivity contribution in [1.29, 1.82) is 0 Å². The minimum absolute atomic E-state index is 0.125. The van der Waals surface area contributed by atoms with Gasteiger partial charge in [-0.1, -0.05) is 6.58 Å². The van der Waals surface area contributed by atoms with Crippen LogP contribution >= 0.6 is 0 Å². The van der Waals surface area contributed by atoms with Crippen LogP contribution in [0.1, 0.15) is 0 Å². The summed E-state index contributed by atoms with van der Waals surface area (Å²) in [6, 6.07) is 0. The summed E-state index contributed by atoms with van der Waals surface area (Å²) in [5.74, 6) is 0.0585. The van der Waals surface area contributed by atoms with Crippen LogP contribution in [0.25, 0.3) is 0 Å². The Hall–Kier alpha value is -1.52. The lowest BCUT2D eigenvalue weighted by Crippen LogP contribution is -2.22. The number of nitrogens with zero attached hydrogens (tertiary/aromatic N) is 2. The Kier molecular flexibility index (Phi) is 2.89. The second-order valence-corrected chi connectivity index (χ2v) is 1.25. The summed E-state index contributed by atoms with van der Waals surface area (Å²) in [5, 5.41) is 6.62. The first-order valence-electron chi connectivity index (χ1n) is 2.21. The van der Waals surface area contributed by atoms with E-state index in [0.717, 1.165) is 0 Å². The maximum absolute atomic E-state index is 5.14. The molecule has 9 heavy (non-hydrogen) atoms. The summed E-state index contributed by atoms with van der Waals surface area (Å²) in [6.07, 6.45) is 1.34. The van der Waals surface area contributed by atoms with Crippen molar-refractivity contribution >= 4 is 11.8 Å². The van der Waals surface area contributed by atoms with Gasteiger partial charge in [-0.2, -0.15) is 0 Å². The quantitative estimate of drug-likeness (QED) is 0.244. The number of guanidine groups is 1. The maximum Gasteiger partial charge on any atom is 0.211 e. The van der Waals surface area contributed by atoms with Crippen LogP contribution in [0, 0.1) is 0 Å². The van der Waals surface area contributed by atoms with Crippen LogP contribution in [0.4, 0.5) is 0 Å². The molecule has 0 atom stereocenters. The van der Waals surface area contributed by atoms with E-state index in [0.29, 0.717) is 0 Å². The van der Waals surface area contributed by atoms with E-state index in [4.69, 9.17) is 17.2 Å². The average molecular weight is 127 g/mol. The van der Waals surface area contributed by atoms with Crippen LogP contribution in [0.3, 0.4) is 0 Å². The number of hydrogen-bond donors (Lipinski definition) is 3. The van der Waals surface area contributed by atoms with Gasteiger partial charge >= 0.3 is 0 Å². The molecular formula is C4H9N5. The first kappa shape index (κ1) is 7.48. The molecule has 5 nitrogen and oxygen atoms in total. The Balaban J connectivity index is 3.98. The third kappa shape index (κ3) is 4.33. The zero-order valence-electron chi connectivity index (χ0n) is 4.91. The molecular weight excluding hydrogens is 118 g/mol. The van der Waals surface area contributed by atoms with E-state index in [9.17, 15) is 0 Å². The fraction of sp³-hybridized carbons (Fsp3) is 0. The molecule has 0 amide bonds. The molecule has 0 aromatic carbocycles. The van der Waals surface area contributed by atoms with E-state index in [2.05, 4.69) is 16.8 Å². The third-order valence-corrected chi connectivity index (χ3v) is 0.490. The number of amidine groups is 1. The molecule has 50 valence electrons. The number of nitrogens with two attached hydrogens (primary N) is 3. The van der Waals surface area contributed by atoms with Gasteiger partial charge in [-0.15, -0.1) is 10.2 Å². The van der Waals surface area contributed by atoms with Gasteiger partial charge < -0.3 is 17.2 Å². The minimum Gasteiger partial charge on any atom is -0.382 e. The van der Waals surface area contributed by atoms with Crippen molar-refractivity contribution in [2.24, 2.45) is 27.4 Å². The van der Waals surface area contributed by atoms with E-state index in [-0.39, 0.29) is 11.8 Å². The monoisotopic (exact) mass is 127 g/mol.